The van der Waals surface area contributed by atoms with Crippen molar-refractivity contribution in [3.05, 3.63) is 41.5 Å². The number of nitrogens with two attached hydrogens (primary N) is 1. The smallest absolute Gasteiger partial charge is 0.188 e. The lowest BCUT2D eigenvalue weighted by atomic mass is 10.2. The lowest BCUT2D eigenvalue weighted by Gasteiger charge is -2.03. The maximum absolute atomic E-state index is 5.61. The van der Waals surface area contributed by atoms with Gasteiger partial charge < -0.3 is 10.5 Å². The standard InChI is InChI=1S/C12H16N4O/c1-9-4-3-5-10(6-9)17-8-11-14-12(7-13)16(2)15-11/h3-6H,7-8,13H2,1-2H3. The summed E-state index contributed by atoms with van der Waals surface area (Å²) in [6.07, 6.45) is 0. The van der Waals surface area contributed by atoms with E-state index >= 15 is 0 Å². The molecule has 0 amide bonds. The van der Waals surface area contributed by atoms with Crippen molar-refractivity contribution in [2.45, 2.75) is 20.1 Å². The first-order chi connectivity index (χ1) is 8.19. The quantitative estimate of drug-likeness (QED) is 0.859. The highest BCUT2D eigenvalue weighted by molar-refractivity contribution is 5.27. The van der Waals surface area contributed by atoms with Gasteiger partial charge in [-0.05, 0) is 24.6 Å². The van der Waals surface area contributed by atoms with Crippen LogP contribution < -0.4 is 10.5 Å². The number of rotatable bonds is 4. The number of aromatic nitrogens is 3. The number of hydrogen-bond acceptors (Lipinski definition) is 4. The van der Waals surface area contributed by atoms with Crippen molar-refractivity contribution >= 4 is 0 Å². The second-order valence-electron chi connectivity index (χ2n) is 3.88. The van der Waals surface area contributed by atoms with Crippen LogP contribution in [-0.2, 0) is 20.2 Å². The topological polar surface area (TPSA) is 66.0 Å². The van der Waals surface area contributed by atoms with Crippen LogP contribution in [0.5, 0.6) is 5.75 Å². The molecule has 2 N–H and O–H groups in total. The van der Waals surface area contributed by atoms with Crippen LogP contribution in [0.3, 0.4) is 0 Å². The molecule has 5 nitrogen and oxygen atoms in total. The summed E-state index contributed by atoms with van der Waals surface area (Å²) in [6, 6.07) is 7.88. The molecular formula is C12H16N4O. The zero-order valence-electron chi connectivity index (χ0n) is 10.1. The van der Waals surface area contributed by atoms with Crippen molar-refractivity contribution in [2.24, 2.45) is 12.8 Å². The van der Waals surface area contributed by atoms with E-state index in [1.54, 1.807) is 4.68 Å². The van der Waals surface area contributed by atoms with Crippen molar-refractivity contribution in [3.63, 3.8) is 0 Å². The summed E-state index contributed by atoms with van der Waals surface area (Å²) >= 11 is 0. The number of benzene rings is 1. The molecule has 90 valence electrons. The fourth-order valence-corrected chi connectivity index (χ4v) is 1.57. The molecule has 0 fully saturated rings. The molecule has 0 spiro atoms. The molecule has 0 saturated heterocycles. The Morgan fingerprint density at radius 1 is 1.41 bits per heavy atom. The molecule has 0 atom stereocenters. The van der Waals surface area contributed by atoms with Gasteiger partial charge in [-0.2, -0.15) is 5.10 Å². The van der Waals surface area contributed by atoms with E-state index in [-0.39, 0.29) is 0 Å². The second-order valence-corrected chi connectivity index (χ2v) is 3.88. The van der Waals surface area contributed by atoms with Crippen LogP contribution in [0.25, 0.3) is 0 Å². The van der Waals surface area contributed by atoms with E-state index in [1.165, 1.54) is 5.56 Å². The average Bonchev–Trinajstić information content (AvgIpc) is 2.67. The van der Waals surface area contributed by atoms with E-state index in [0.717, 1.165) is 11.6 Å². The molecule has 1 aromatic heterocycles. The highest BCUT2D eigenvalue weighted by atomic mass is 16.5. The Hall–Kier alpha value is -1.88. The summed E-state index contributed by atoms with van der Waals surface area (Å²) in [4.78, 5) is 4.27. The minimum atomic E-state index is 0.358. The van der Waals surface area contributed by atoms with E-state index in [2.05, 4.69) is 10.1 Å². The summed E-state index contributed by atoms with van der Waals surface area (Å²) in [5, 5.41) is 4.22. The van der Waals surface area contributed by atoms with Crippen LogP contribution in [0, 0.1) is 6.92 Å². The number of ether oxygens (including phenoxy) is 1. The first-order valence-electron chi connectivity index (χ1n) is 5.47. The summed E-state index contributed by atoms with van der Waals surface area (Å²) < 4.78 is 7.28. The summed E-state index contributed by atoms with van der Waals surface area (Å²) in [7, 11) is 1.82. The van der Waals surface area contributed by atoms with Gasteiger partial charge in [0, 0.05) is 7.05 Å². The summed E-state index contributed by atoms with van der Waals surface area (Å²) in [5.41, 5.74) is 6.69. The van der Waals surface area contributed by atoms with Crippen molar-refractivity contribution in [2.75, 3.05) is 0 Å². The first-order valence-corrected chi connectivity index (χ1v) is 5.47. The van der Waals surface area contributed by atoms with Gasteiger partial charge in [-0.1, -0.05) is 12.1 Å². The van der Waals surface area contributed by atoms with Gasteiger partial charge in [0.1, 0.15) is 18.2 Å². The molecule has 1 heterocycles. The summed E-state index contributed by atoms with van der Waals surface area (Å²) in [5.74, 6) is 2.23. The van der Waals surface area contributed by atoms with Gasteiger partial charge in [-0.25, -0.2) is 4.98 Å². The normalized spacial score (nSPS) is 10.5. The van der Waals surface area contributed by atoms with Gasteiger partial charge in [0.15, 0.2) is 5.82 Å². The zero-order valence-corrected chi connectivity index (χ0v) is 10.1. The highest BCUT2D eigenvalue weighted by Crippen LogP contribution is 2.13. The Kier molecular flexibility index (Phi) is 3.39. The van der Waals surface area contributed by atoms with Crippen molar-refractivity contribution < 1.29 is 4.74 Å². The van der Waals surface area contributed by atoms with Gasteiger partial charge in [0.25, 0.3) is 0 Å². The molecule has 2 aromatic rings. The number of aryl methyl sites for hydroxylation is 2. The molecule has 5 heteroatoms. The predicted molar refractivity (Wildman–Crippen MR) is 64.4 cm³/mol. The Labute approximate surface area is 100 Å². The first kappa shape index (κ1) is 11.6. The molecule has 0 unspecified atom stereocenters. The fourth-order valence-electron chi connectivity index (χ4n) is 1.57. The number of nitrogens with zero attached hydrogens (tertiary/aromatic N) is 3. The van der Waals surface area contributed by atoms with E-state index < -0.39 is 0 Å². The fraction of sp³-hybridized carbons (Fsp3) is 0.333. The van der Waals surface area contributed by atoms with Crippen molar-refractivity contribution in [1.82, 2.24) is 14.8 Å². The molecular weight excluding hydrogens is 216 g/mol. The van der Waals surface area contributed by atoms with Gasteiger partial charge in [-0.3, -0.25) is 4.68 Å². The minimum Gasteiger partial charge on any atom is -0.486 e. The highest BCUT2D eigenvalue weighted by Gasteiger charge is 2.06. The van der Waals surface area contributed by atoms with E-state index in [9.17, 15) is 0 Å². The third-order valence-electron chi connectivity index (χ3n) is 2.44. The third-order valence-corrected chi connectivity index (χ3v) is 2.44. The number of hydrogen-bond donors (Lipinski definition) is 1. The Morgan fingerprint density at radius 3 is 2.88 bits per heavy atom. The molecule has 0 aliphatic heterocycles. The monoisotopic (exact) mass is 232 g/mol. The van der Waals surface area contributed by atoms with Crippen LogP contribution in [0.1, 0.15) is 17.2 Å². The molecule has 0 radical (unpaired) electrons. The van der Waals surface area contributed by atoms with E-state index in [1.807, 2.05) is 38.2 Å². The molecule has 0 aliphatic carbocycles. The minimum absolute atomic E-state index is 0.358. The molecule has 2 rings (SSSR count). The van der Waals surface area contributed by atoms with Crippen LogP contribution in [0.4, 0.5) is 0 Å². The average molecular weight is 232 g/mol. The third kappa shape index (κ3) is 2.82. The molecule has 0 saturated carbocycles. The molecule has 17 heavy (non-hydrogen) atoms. The van der Waals surface area contributed by atoms with Gasteiger partial charge >= 0.3 is 0 Å². The van der Waals surface area contributed by atoms with Gasteiger partial charge in [0.2, 0.25) is 0 Å². The van der Waals surface area contributed by atoms with E-state index in [4.69, 9.17) is 10.5 Å². The Morgan fingerprint density at radius 2 is 2.24 bits per heavy atom. The molecule has 1 aromatic carbocycles. The zero-order chi connectivity index (χ0) is 12.3. The van der Waals surface area contributed by atoms with Crippen LogP contribution >= 0.6 is 0 Å². The Balaban J connectivity index is 2.02. The van der Waals surface area contributed by atoms with Crippen LogP contribution in [0.2, 0.25) is 0 Å². The lowest BCUT2D eigenvalue weighted by molar-refractivity contribution is 0.295. The van der Waals surface area contributed by atoms with Crippen molar-refractivity contribution in [1.29, 1.82) is 0 Å². The largest absolute Gasteiger partial charge is 0.486 e. The Bertz CT molecular complexity index is 507. The summed E-state index contributed by atoms with van der Waals surface area (Å²) in [6.45, 7) is 2.77. The second kappa shape index (κ2) is 4.97. The van der Waals surface area contributed by atoms with Gasteiger partial charge in [0.05, 0.1) is 6.54 Å². The van der Waals surface area contributed by atoms with Crippen LogP contribution in [0.15, 0.2) is 24.3 Å². The van der Waals surface area contributed by atoms with Crippen LogP contribution in [-0.4, -0.2) is 14.8 Å². The van der Waals surface area contributed by atoms with Crippen molar-refractivity contribution in [3.8, 4) is 5.75 Å². The molecule has 0 aliphatic rings. The maximum atomic E-state index is 5.61. The van der Waals surface area contributed by atoms with E-state index in [0.29, 0.717) is 19.0 Å². The van der Waals surface area contributed by atoms with Gasteiger partial charge in [-0.15, -0.1) is 0 Å². The maximum Gasteiger partial charge on any atom is 0.188 e. The molecule has 0 bridgehead atoms. The predicted octanol–water partition coefficient (Wildman–Crippen LogP) is 1.16. The lowest BCUT2D eigenvalue weighted by Crippen LogP contribution is -2.05. The SMILES string of the molecule is Cc1cccc(OCc2nc(CN)n(C)n2)c1.